The van der Waals surface area contributed by atoms with Crippen molar-refractivity contribution in [3.63, 3.8) is 0 Å². The highest BCUT2D eigenvalue weighted by molar-refractivity contribution is 7.09. The smallest absolute Gasteiger partial charge is 0.289 e. The number of piperazine rings is 1. The van der Waals surface area contributed by atoms with E-state index in [1.165, 1.54) is 17.6 Å². The first-order chi connectivity index (χ1) is 11.1. The Morgan fingerprint density at radius 3 is 2.35 bits per heavy atom. The van der Waals surface area contributed by atoms with Gasteiger partial charge in [0, 0.05) is 37.5 Å². The predicted molar refractivity (Wildman–Crippen MR) is 86.7 cm³/mol. The molecule has 2 amide bonds. The van der Waals surface area contributed by atoms with Crippen LogP contribution >= 0.6 is 11.3 Å². The molecule has 122 valence electrons. The lowest BCUT2D eigenvalue weighted by atomic mass is 10.2. The van der Waals surface area contributed by atoms with Gasteiger partial charge in [-0.25, -0.2) is 4.98 Å². The molecule has 0 unspecified atom stereocenters. The molecule has 0 spiro atoms. The standard InChI is InChI=1S/C16H19N3O3S/c1-11(2)14-17-12(10-23-14)15(20)18-5-7-19(8-6-18)16(21)13-4-3-9-22-13/h3-4,9-11H,5-8H2,1-2H3. The summed E-state index contributed by atoms with van der Waals surface area (Å²) in [6, 6.07) is 3.35. The van der Waals surface area contributed by atoms with Crippen molar-refractivity contribution in [2.75, 3.05) is 26.2 Å². The van der Waals surface area contributed by atoms with Crippen molar-refractivity contribution in [1.29, 1.82) is 0 Å². The lowest BCUT2D eigenvalue weighted by molar-refractivity contribution is 0.0515. The molecule has 7 heteroatoms. The third-order valence-corrected chi connectivity index (χ3v) is 4.97. The summed E-state index contributed by atoms with van der Waals surface area (Å²) in [5.74, 6) is 0.478. The minimum atomic E-state index is -0.127. The lowest BCUT2D eigenvalue weighted by Crippen LogP contribution is -2.50. The van der Waals surface area contributed by atoms with E-state index in [-0.39, 0.29) is 11.8 Å². The first kappa shape index (κ1) is 15.7. The molecule has 0 radical (unpaired) electrons. The maximum atomic E-state index is 12.5. The van der Waals surface area contributed by atoms with Gasteiger partial charge in [-0.15, -0.1) is 11.3 Å². The molecule has 1 aliphatic heterocycles. The molecule has 0 N–H and O–H groups in total. The molecule has 23 heavy (non-hydrogen) atoms. The van der Waals surface area contributed by atoms with Gasteiger partial charge in [-0.3, -0.25) is 9.59 Å². The second-order valence-electron chi connectivity index (χ2n) is 5.79. The van der Waals surface area contributed by atoms with Crippen LogP contribution in [0.1, 0.15) is 45.8 Å². The molecule has 0 saturated carbocycles. The Morgan fingerprint density at radius 1 is 1.17 bits per heavy atom. The van der Waals surface area contributed by atoms with Crippen molar-refractivity contribution >= 4 is 23.2 Å². The zero-order valence-corrected chi connectivity index (χ0v) is 14.0. The Morgan fingerprint density at radius 2 is 1.83 bits per heavy atom. The van der Waals surface area contributed by atoms with E-state index in [4.69, 9.17) is 4.42 Å². The number of carbonyl (C=O) groups excluding carboxylic acids is 2. The van der Waals surface area contributed by atoms with E-state index < -0.39 is 0 Å². The Hall–Kier alpha value is -2.15. The zero-order valence-electron chi connectivity index (χ0n) is 13.2. The molecule has 0 aromatic carbocycles. The molecule has 2 aromatic rings. The van der Waals surface area contributed by atoms with Crippen molar-refractivity contribution in [3.05, 3.63) is 40.2 Å². The van der Waals surface area contributed by atoms with Crippen LogP contribution in [0.25, 0.3) is 0 Å². The van der Waals surface area contributed by atoms with Gasteiger partial charge in [0.05, 0.1) is 11.3 Å². The number of hydrogen-bond acceptors (Lipinski definition) is 5. The lowest BCUT2D eigenvalue weighted by Gasteiger charge is -2.34. The van der Waals surface area contributed by atoms with Gasteiger partial charge in [0.1, 0.15) is 5.69 Å². The first-order valence-electron chi connectivity index (χ1n) is 7.63. The fourth-order valence-corrected chi connectivity index (χ4v) is 3.29. The maximum absolute atomic E-state index is 12.5. The maximum Gasteiger partial charge on any atom is 0.289 e. The molecule has 1 saturated heterocycles. The Kier molecular flexibility index (Phi) is 4.47. The van der Waals surface area contributed by atoms with Crippen molar-refractivity contribution in [3.8, 4) is 0 Å². The molecule has 0 aliphatic carbocycles. The van der Waals surface area contributed by atoms with Crippen molar-refractivity contribution in [2.45, 2.75) is 19.8 Å². The van der Waals surface area contributed by atoms with E-state index in [1.54, 1.807) is 21.9 Å². The van der Waals surface area contributed by atoms with Crippen LogP contribution in [-0.2, 0) is 0 Å². The number of furan rings is 1. The van der Waals surface area contributed by atoms with E-state index in [0.29, 0.717) is 43.6 Å². The summed E-state index contributed by atoms with van der Waals surface area (Å²) in [6.45, 7) is 6.16. The summed E-state index contributed by atoms with van der Waals surface area (Å²) in [6.07, 6.45) is 1.49. The van der Waals surface area contributed by atoms with Gasteiger partial charge in [-0.2, -0.15) is 0 Å². The monoisotopic (exact) mass is 333 g/mol. The summed E-state index contributed by atoms with van der Waals surface area (Å²) >= 11 is 1.52. The molecule has 0 atom stereocenters. The van der Waals surface area contributed by atoms with Gasteiger partial charge >= 0.3 is 0 Å². The third kappa shape index (κ3) is 3.29. The average Bonchev–Trinajstić information content (AvgIpc) is 3.25. The summed E-state index contributed by atoms with van der Waals surface area (Å²) in [4.78, 5) is 32.6. The molecular weight excluding hydrogens is 314 g/mol. The molecular formula is C16H19N3O3S. The van der Waals surface area contributed by atoms with Crippen LogP contribution in [0, 0.1) is 0 Å². The van der Waals surface area contributed by atoms with Gasteiger partial charge in [-0.1, -0.05) is 13.8 Å². The van der Waals surface area contributed by atoms with E-state index in [2.05, 4.69) is 18.8 Å². The van der Waals surface area contributed by atoms with Crippen molar-refractivity contribution in [2.24, 2.45) is 0 Å². The summed E-state index contributed by atoms with van der Waals surface area (Å²) in [5, 5.41) is 2.79. The topological polar surface area (TPSA) is 66.7 Å². The number of hydrogen-bond donors (Lipinski definition) is 0. The molecule has 1 aliphatic rings. The Balaban J connectivity index is 1.60. The van der Waals surface area contributed by atoms with Crippen LogP contribution < -0.4 is 0 Å². The molecule has 3 rings (SSSR count). The van der Waals surface area contributed by atoms with Gasteiger partial charge in [0.25, 0.3) is 11.8 Å². The minimum Gasteiger partial charge on any atom is -0.459 e. The summed E-state index contributed by atoms with van der Waals surface area (Å²) in [7, 11) is 0. The highest BCUT2D eigenvalue weighted by atomic mass is 32.1. The quantitative estimate of drug-likeness (QED) is 0.865. The van der Waals surface area contributed by atoms with Crippen LogP contribution in [0.5, 0.6) is 0 Å². The largest absolute Gasteiger partial charge is 0.459 e. The number of carbonyl (C=O) groups is 2. The zero-order chi connectivity index (χ0) is 16.4. The number of rotatable bonds is 3. The molecule has 2 aromatic heterocycles. The third-order valence-electron chi connectivity index (χ3n) is 3.82. The highest BCUT2D eigenvalue weighted by Gasteiger charge is 2.27. The number of amides is 2. The minimum absolute atomic E-state index is 0.0572. The SMILES string of the molecule is CC(C)c1nc(C(=O)N2CCN(C(=O)c3ccco3)CC2)cs1. The number of nitrogens with zero attached hydrogens (tertiary/aromatic N) is 3. The van der Waals surface area contributed by atoms with Gasteiger partial charge in [0.15, 0.2) is 5.76 Å². The summed E-state index contributed by atoms with van der Waals surface area (Å²) in [5.41, 5.74) is 0.504. The second kappa shape index (κ2) is 6.54. The Bertz CT molecular complexity index is 685. The van der Waals surface area contributed by atoms with Gasteiger partial charge < -0.3 is 14.2 Å². The van der Waals surface area contributed by atoms with Crippen LogP contribution in [0.3, 0.4) is 0 Å². The van der Waals surface area contributed by atoms with Crippen molar-refractivity contribution in [1.82, 2.24) is 14.8 Å². The molecule has 6 nitrogen and oxygen atoms in total. The highest BCUT2D eigenvalue weighted by Crippen LogP contribution is 2.20. The summed E-state index contributed by atoms with van der Waals surface area (Å²) < 4.78 is 5.14. The number of aromatic nitrogens is 1. The van der Waals surface area contributed by atoms with Crippen LogP contribution in [0.4, 0.5) is 0 Å². The first-order valence-corrected chi connectivity index (χ1v) is 8.51. The fourth-order valence-electron chi connectivity index (χ4n) is 2.48. The van der Waals surface area contributed by atoms with E-state index in [1.807, 2.05) is 5.38 Å². The fraction of sp³-hybridized carbons (Fsp3) is 0.438. The Labute approximate surface area is 138 Å². The average molecular weight is 333 g/mol. The van der Waals surface area contributed by atoms with E-state index in [0.717, 1.165) is 5.01 Å². The molecule has 1 fully saturated rings. The van der Waals surface area contributed by atoms with Crippen LogP contribution in [-0.4, -0.2) is 52.8 Å². The predicted octanol–water partition coefficient (Wildman–Crippen LogP) is 2.46. The van der Waals surface area contributed by atoms with E-state index in [9.17, 15) is 9.59 Å². The normalized spacial score (nSPS) is 15.3. The van der Waals surface area contributed by atoms with E-state index >= 15 is 0 Å². The van der Waals surface area contributed by atoms with Crippen LogP contribution in [0.2, 0.25) is 0 Å². The van der Waals surface area contributed by atoms with Gasteiger partial charge in [-0.05, 0) is 12.1 Å². The molecule has 3 heterocycles. The van der Waals surface area contributed by atoms with Crippen LogP contribution in [0.15, 0.2) is 28.2 Å². The number of thiazole rings is 1. The molecule has 0 bridgehead atoms. The second-order valence-corrected chi connectivity index (χ2v) is 6.68. The van der Waals surface area contributed by atoms with Crippen molar-refractivity contribution < 1.29 is 14.0 Å². The van der Waals surface area contributed by atoms with Gasteiger partial charge in [0.2, 0.25) is 0 Å².